The van der Waals surface area contributed by atoms with Gasteiger partial charge in [0.1, 0.15) is 5.69 Å². The van der Waals surface area contributed by atoms with E-state index in [0.717, 1.165) is 25.7 Å². The lowest BCUT2D eigenvalue weighted by molar-refractivity contribution is 0.396. The van der Waals surface area contributed by atoms with Gasteiger partial charge >= 0.3 is 0 Å². The summed E-state index contributed by atoms with van der Waals surface area (Å²) in [4.78, 5) is 24.5. The molecule has 0 saturated carbocycles. The first-order chi connectivity index (χ1) is 19.3. The number of benzene rings is 3. The maximum Gasteiger partial charge on any atom is 0.299 e. The first-order valence-electron chi connectivity index (χ1n) is 13.3. The molecule has 0 saturated heterocycles. The van der Waals surface area contributed by atoms with E-state index in [1.165, 1.54) is 15.1 Å². The molecule has 0 fully saturated rings. The van der Waals surface area contributed by atoms with E-state index in [1.807, 2.05) is 32.0 Å². The molecule has 210 valence electrons. The number of nitrogens with one attached hydrogen (secondary N) is 2. The number of rotatable bonds is 13. The van der Waals surface area contributed by atoms with E-state index in [2.05, 4.69) is 26.0 Å². The van der Waals surface area contributed by atoms with Crippen molar-refractivity contribution in [2.45, 2.75) is 51.3 Å². The molecule has 0 aliphatic rings. The first-order valence-corrected chi connectivity index (χ1v) is 14.7. The highest BCUT2D eigenvalue weighted by Gasteiger charge is 2.28. The second-order valence-corrected chi connectivity index (χ2v) is 11.3. The van der Waals surface area contributed by atoms with Gasteiger partial charge in [0.05, 0.1) is 27.3 Å². The summed E-state index contributed by atoms with van der Waals surface area (Å²) in [6.45, 7) is 6.51. The third-order valence-corrected chi connectivity index (χ3v) is 8.53. The summed E-state index contributed by atoms with van der Waals surface area (Å²) in [6, 6.07) is 17.3. The minimum Gasteiger partial charge on any atom is -0.293 e. The average Bonchev–Trinajstić information content (AvgIpc) is 3.25. The normalized spacial score (nSPS) is 12.0. The number of nitroso groups, excluding NO2 is 1. The molecule has 1 heterocycles. The third kappa shape index (κ3) is 5.87. The summed E-state index contributed by atoms with van der Waals surface area (Å²) in [5.41, 5.74) is 3.41. The van der Waals surface area contributed by atoms with Crippen LogP contribution in [-0.2, 0) is 10.0 Å². The number of H-pyrrole nitrogens is 1. The van der Waals surface area contributed by atoms with Crippen molar-refractivity contribution in [1.82, 2.24) is 14.1 Å². The fraction of sp³-hybridized carbons (Fsp3) is 0.321. The van der Waals surface area contributed by atoms with Gasteiger partial charge in [-0.05, 0) is 38.0 Å². The monoisotopic (exact) mass is 563 g/mol. The van der Waals surface area contributed by atoms with Crippen LogP contribution in [0.4, 0.5) is 17.1 Å². The zero-order valence-corrected chi connectivity index (χ0v) is 23.6. The van der Waals surface area contributed by atoms with Gasteiger partial charge in [0.2, 0.25) is 10.0 Å². The van der Waals surface area contributed by atoms with Crippen molar-refractivity contribution < 1.29 is 8.42 Å². The van der Waals surface area contributed by atoms with Crippen LogP contribution >= 0.6 is 0 Å². The lowest BCUT2D eigenvalue weighted by atomic mass is 10.1. The number of para-hydroxylation sites is 1. The van der Waals surface area contributed by atoms with Crippen molar-refractivity contribution in [2.75, 3.05) is 18.5 Å². The van der Waals surface area contributed by atoms with Crippen LogP contribution in [-0.4, -0.2) is 35.6 Å². The van der Waals surface area contributed by atoms with Crippen LogP contribution in [0.1, 0.15) is 45.2 Å². The minimum absolute atomic E-state index is 0.0460. The number of nitrogens with zero attached hydrogens (tertiary/aromatic N) is 5. The zero-order valence-electron chi connectivity index (χ0n) is 22.8. The third-order valence-electron chi connectivity index (χ3n) is 6.59. The fourth-order valence-corrected chi connectivity index (χ4v) is 6.20. The number of hydrogen-bond donors (Lipinski definition) is 2. The van der Waals surface area contributed by atoms with Gasteiger partial charge in [0.15, 0.2) is 5.69 Å². The Morgan fingerprint density at radius 2 is 1.50 bits per heavy atom. The van der Waals surface area contributed by atoms with Gasteiger partial charge in [-0.1, -0.05) is 69.2 Å². The number of aryl methyl sites for hydroxylation is 1. The van der Waals surface area contributed by atoms with Gasteiger partial charge in [-0.2, -0.15) is 4.31 Å². The summed E-state index contributed by atoms with van der Waals surface area (Å²) in [5.74, 6) is 0. The molecule has 0 amide bonds. The lowest BCUT2D eigenvalue weighted by Crippen LogP contribution is -2.33. The maximum absolute atomic E-state index is 13.9. The standard InChI is InChI=1S/C28H33N7O4S/c1-4-6-17-34(18-7-5-2)40(38,39)25-19-24(29-33-37)27(23-16-12-11-15-22(23)25)31-30-26-20(3)32-35(28(26)36)21-13-9-8-10-14-21/h8-16,19,32H,4-7,17-18H2,1-3H3,(H,29,37). The molecule has 3 aromatic carbocycles. The van der Waals surface area contributed by atoms with Crippen LogP contribution in [0.3, 0.4) is 0 Å². The quantitative estimate of drug-likeness (QED) is 0.105. The van der Waals surface area contributed by atoms with E-state index in [1.54, 1.807) is 43.3 Å². The van der Waals surface area contributed by atoms with Gasteiger partial charge in [-0.25, -0.2) is 18.5 Å². The Bertz CT molecular complexity index is 1670. The van der Waals surface area contributed by atoms with Crippen molar-refractivity contribution >= 4 is 37.9 Å². The van der Waals surface area contributed by atoms with E-state index < -0.39 is 15.6 Å². The number of fused-ring (bicyclic) bond motifs is 1. The molecule has 1 aromatic heterocycles. The van der Waals surface area contributed by atoms with Crippen LogP contribution in [0.2, 0.25) is 0 Å². The summed E-state index contributed by atoms with van der Waals surface area (Å²) < 4.78 is 30.7. The number of sulfonamides is 1. The summed E-state index contributed by atoms with van der Waals surface area (Å²) in [5, 5.41) is 15.2. The molecular weight excluding hydrogens is 530 g/mol. The van der Waals surface area contributed by atoms with E-state index in [9.17, 15) is 18.1 Å². The topological polar surface area (TPSA) is 141 Å². The zero-order chi connectivity index (χ0) is 28.7. The number of hydrogen-bond acceptors (Lipinski definition) is 7. The van der Waals surface area contributed by atoms with E-state index in [-0.39, 0.29) is 22.0 Å². The van der Waals surface area contributed by atoms with E-state index in [4.69, 9.17) is 0 Å². The second-order valence-electron chi connectivity index (χ2n) is 9.39. The molecule has 0 aliphatic heterocycles. The lowest BCUT2D eigenvalue weighted by Gasteiger charge is -2.23. The van der Waals surface area contributed by atoms with Crippen LogP contribution in [0.15, 0.2) is 85.9 Å². The van der Waals surface area contributed by atoms with E-state index >= 15 is 0 Å². The van der Waals surface area contributed by atoms with Gasteiger partial charge in [0.25, 0.3) is 5.56 Å². The van der Waals surface area contributed by atoms with Crippen LogP contribution in [0, 0.1) is 11.8 Å². The first kappa shape index (κ1) is 28.8. The number of aromatic amines is 1. The fourth-order valence-electron chi connectivity index (χ4n) is 4.46. The maximum atomic E-state index is 13.9. The minimum atomic E-state index is -3.92. The van der Waals surface area contributed by atoms with E-state index in [0.29, 0.717) is 35.2 Å². The Hall–Kier alpha value is -4.16. The SMILES string of the molecule is CCCCN(CCCC)S(=O)(=O)c1cc(NN=O)c(N=Nc2c(C)[nH]n(-c3ccccc3)c2=O)c2ccccc12. The van der Waals surface area contributed by atoms with Crippen LogP contribution in [0.25, 0.3) is 16.5 Å². The molecular formula is C28H33N7O4S. The number of azo groups is 1. The van der Waals surface area contributed by atoms with Gasteiger partial charge in [-0.15, -0.1) is 15.1 Å². The molecule has 0 spiro atoms. The molecule has 2 N–H and O–H groups in total. The largest absolute Gasteiger partial charge is 0.299 e. The highest BCUT2D eigenvalue weighted by molar-refractivity contribution is 7.89. The molecule has 0 unspecified atom stereocenters. The van der Waals surface area contributed by atoms with Crippen LogP contribution < -0.4 is 11.0 Å². The smallest absolute Gasteiger partial charge is 0.293 e. The molecule has 4 aromatic rings. The van der Waals surface area contributed by atoms with Crippen LogP contribution in [0.5, 0.6) is 0 Å². The Balaban J connectivity index is 1.86. The van der Waals surface area contributed by atoms with Crippen molar-refractivity contribution in [1.29, 1.82) is 0 Å². The Morgan fingerprint density at radius 1 is 0.900 bits per heavy atom. The van der Waals surface area contributed by atoms with Crippen molar-refractivity contribution in [3.63, 3.8) is 0 Å². The molecule has 0 aliphatic carbocycles. The Labute approximate surface area is 232 Å². The molecule has 40 heavy (non-hydrogen) atoms. The molecule has 11 nitrogen and oxygen atoms in total. The predicted molar refractivity (Wildman–Crippen MR) is 157 cm³/mol. The summed E-state index contributed by atoms with van der Waals surface area (Å²) in [7, 11) is -3.92. The van der Waals surface area contributed by atoms with Crippen molar-refractivity contribution in [3.8, 4) is 5.69 Å². The Morgan fingerprint density at radius 3 is 2.12 bits per heavy atom. The number of unbranched alkanes of at least 4 members (excludes halogenated alkanes) is 2. The highest BCUT2D eigenvalue weighted by Crippen LogP contribution is 2.40. The second kappa shape index (κ2) is 12.8. The number of aromatic nitrogens is 2. The summed E-state index contributed by atoms with van der Waals surface area (Å²) >= 11 is 0. The average molecular weight is 564 g/mol. The van der Waals surface area contributed by atoms with Crippen molar-refractivity contribution in [3.05, 3.63) is 81.6 Å². The molecule has 4 rings (SSSR count). The molecule has 12 heteroatoms. The predicted octanol–water partition coefficient (Wildman–Crippen LogP) is 6.73. The molecule has 0 bridgehead atoms. The summed E-state index contributed by atoms with van der Waals surface area (Å²) in [6.07, 6.45) is 3.16. The van der Waals surface area contributed by atoms with Gasteiger partial charge in [-0.3, -0.25) is 9.89 Å². The van der Waals surface area contributed by atoms with Gasteiger partial charge in [0, 0.05) is 23.9 Å². The van der Waals surface area contributed by atoms with Crippen molar-refractivity contribution in [2.24, 2.45) is 15.5 Å². The number of anilines is 1. The van der Waals surface area contributed by atoms with Gasteiger partial charge < -0.3 is 0 Å². The Kier molecular flexibility index (Phi) is 9.22. The molecule has 0 atom stereocenters. The molecule has 0 radical (unpaired) electrons. The highest BCUT2D eigenvalue weighted by atomic mass is 32.2.